The van der Waals surface area contributed by atoms with Crippen molar-refractivity contribution in [2.45, 2.75) is 25.8 Å². The van der Waals surface area contributed by atoms with Gasteiger partial charge in [-0.05, 0) is 31.4 Å². The summed E-state index contributed by atoms with van der Waals surface area (Å²) >= 11 is 7.30. The number of anilines is 1. The zero-order valence-corrected chi connectivity index (χ0v) is 15.4. The van der Waals surface area contributed by atoms with Gasteiger partial charge in [-0.15, -0.1) is 0 Å². The first-order valence-electron chi connectivity index (χ1n) is 7.93. The van der Waals surface area contributed by atoms with Gasteiger partial charge in [-0.1, -0.05) is 11.6 Å². The third kappa shape index (κ3) is 3.40. The minimum absolute atomic E-state index is 0.125. The minimum Gasteiger partial charge on any atom is -0.465 e. The van der Waals surface area contributed by atoms with E-state index in [1.807, 2.05) is 13.0 Å². The zero-order chi connectivity index (χ0) is 18.0. The Morgan fingerprint density at radius 1 is 1.68 bits per heavy atom. The van der Waals surface area contributed by atoms with Gasteiger partial charge in [0.1, 0.15) is 11.3 Å². The SMILES string of the molecule is CCOC(=O)C(C#N)c1cc(N2CCOC[C@H]2C)nc2c(Cl)nsc12. The molecule has 7 nitrogen and oxygen atoms in total. The smallest absolute Gasteiger partial charge is 0.327 e. The Hall–Kier alpha value is -1.95. The topological polar surface area (TPSA) is 88.3 Å². The summed E-state index contributed by atoms with van der Waals surface area (Å²) < 4.78 is 15.3. The molecule has 1 saturated heterocycles. The van der Waals surface area contributed by atoms with Crippen LogP contribution in [0.5, 0.6) is 0 Å². The molecular weight excluding hydrogens is 364 g/mol. The lowest BCUT2D eigenvalue weighted by molar-refractivity contribution is -0.143. The Morgan fingerprint density at radius 3 is 3.16 bits per heavy atom. The van der Waals surface area contributed by atoms with Gasteiger partial charge >= 0.3 is 5.97 Å². The monoisotopic (exact) mass is 380 g/mol. The first-order valence-corrected chi connectivity index (χ1v) is 9.08. The van der Waals surface area contributed by atoms with Gasteiger partial charge in [-0.2, -0.15) is 9.64 Å². The Balaban J connectivity index is 2.13. The lowest BCUT2D eigenvalue weighted by Gasteiger charge is -2.34. The molecule has 1 aliphatic heterocycles. The number of pyridine rings is 1. The van der Waals surface area contributed by atoms with Gasteiger partial charge in [-0.3, -0.25) is 4.79 Å². The third-order valence-electron chi connectivity index (χ3n) is 4.03. The lowest BCUT2D eigenvalue weighted by atomic mass is 10.0. The second-order valence-electron chi connectivity index (χ2n) is 5.65. The van der Waals surface area contributed by atoms with Gasteiger partial charge in [-0.25, -0.2) is 4.98 Å². The molecule has 0 saturated carbocycles. The van der Waals surface area contributed by atoms with Crippen molar-refractivity contribution in [1.29, 1.82) is 5.26 Å². The number of ether oxygens (including phenoxy) is 2. The normalized spacial score (nSPS) is 18.8. The molecule has 3 heterocycles. The second-order valence-corrected chi connectivity index (χ2v) is 6.78. The number of halogens is 1. The van der Waals surface area contributed by atoms with E-state index in [2.05, 4.69) is 14.3 Å². The first kappa shape index (κ1) is 17.9. The number of carbonyl (C=O) groups is 1. The molecular formula is C16H17ClN4O3S. The molecule has 1 aliphatic rings. The van der Waals surface area contributed by atoms with Crippen molar-refractivity contribution in [3.63, 3.8) is 0 Å². The Bertz CT molecular complexity index is 835. The molecule has 0 radical (unpaired) electrons. The summed E-state index contributed by atoms with van der Waals surface area (Å²) in [5, 5.41) is 9.81. The molecule has 2 aromatic heterocycles. The summed E-state index contributed by atoms with van der Waals surface area (Å²) in [5.41, 5.74) is 1.03. The average molecular weight is 381 g/mol. The molecule has 0 N–H and O–H groups in total. The van der Waals surface area contributed by atoms with Crippen LogP contribution in [0, 0.1) is 11.3 Å². The molecule has 9 heteroatoms. The molecule has 2 atom stereocenters. The van der Waals surface area contributed by atoms with Crippen LogP contribution in [-0.2, 0) is 14.3 Å². The highest BCUT2D eigenvalue weighted by Gasteiger charge is 2.29. The van der Waals surface area contributed by atoms with Crippen molar-refractivity contribution in [3.8, 4) is 6.07 Å². The fraction of sp³-hybridized carbons (Fsp3) is 0.500. The minimum atomic E-state index is -1.04. The van der Waals surface area contributed by atoms with E-state index in [9.17, 15) is 10.1 Å². The predicted octanol–water partition coefficient (Wildman–Crippen LogP) is 2.74. The number of nitriles is 1. The van der Waals surface area contributed by atoms with Crippen molar-refractivity contribution < 1.29 is 14.3 Å². The summed E-state index contributed by atoms with van der Waals surface area (Å²) in [6.07, 6.45) is 0. The summed E-state index contributed by atoms with van der Waals surface area (Å²) in [7, 11) is 0. The van der Waals surface area contributed by atoms with E-state index in [0.29, 0.717) is 41.4 Å². The zero-order valence-electron chi connectivity index (χ0n) is 13.9. The summed E-state index contributed by atoms with van der Waals surface area (Å²) in [6.45, 7) is 5.80. The van der Waals surface area contributed by atoms with Crippen LogP contribution in [0.2, 0.25) is 5.15 Å². The molecule has 0 spiro atoms. The second kappa shape index (κ2) is 7.52. The molecule has 1 fully saturated rings. The van der Waals surface area contributed by atoms with Crippen LogP contribution in [0.15, 0.2) is 6.07 Å². The summed E-state index contributed by atoms with van der Waals surface area (Å²) in [5.74, 6) is -0.968. The number of aromatic nitrogens is 2. The van der Waals surface area contributed by atoms with E-state index in [4.69, 9.17) is 21.1 Å². The highest BCUT2D eigenvalue weighted by molar-refractivity contribution is 7.14. The van der Waals surface area contributed by atoms with E-state index >= 15 is 0 Å². The number of rotatable bonds is 4. The van der Waals surface area contributed by atoms with Crippen LogP contribution in [0.1, 0.15) is 25.3 Å². The molecule has 0 aliphatic carbocycles. The van der Waals surface area contributed by atoms with Crippen molar-refractivity contribution in [2.24, 2.45) is 0 Å². The molecule has 1 unspecified atom stereocenters. The van der Waals surface area contributed by atoms with Crippen molar-refractivity contribution in [3.05, 3.63) is 16.8 Å². The first-order chi connectivity index (χ1) is 12.1. The standard InChI is InChI=1S/C16H17ClN4O3S/c1-3-24-16(22)11(7-18)10-6-12(21-4-5-23-8-9(21)2)19-13-14(10)25-20-15(13)17/h6,9,11H,3-5,8H2,1-2H3/t9-,11?/m1/s1. The fourth-order valence-electron chi connectivity index (χ4n) is 2.81. The number of hydrogen-bond donors (Lipinski definition) is 0. The van der Waals surface area contributed by atoms with Crippen LogP contribution >= 0.6 is 23.1 Å². The van der Waals surface area contributed by atoms with Gasteiger partial charge in [0, 0.05) is 12.1 Å². The molecule has 3 rings (SSSR count). The summed E-state index contributed by atoms with van der Waals surface area (Å²) in [6, 6.07) is 3.93. The van der Waals surface area contributed by atoms with Gasteiger partial charge in [0.2, 0.25) is 0 Å². The number of hydrogen-bond acceptors (Lipinski definition) is 8. The molecule has 2 aromatic rings. The third-order valence-corrected chi connectivity index (χ3v) is 5.27. The largest absolute Gasteiger partial charge is 0.465 e. The van der Waals surface area contributed by atoms with Crippen LogP contribution in [0.25, 0.3) is 10.2 Å². The number of nitrogens with zero attached hydrogens (tertiary/aromatic N) is 4. The fourth-order valence-corrected chi connectivity index (χ4v) is 3.87. The maximum Gasteiger partial charge on any atom is 0.327 e. The van der Waals surface area contributed by atoms with Gasteiger partial charge in [0.05, 0.1) is 36.6 Å². The Labute approximate surface area is 154 Å². The Morgan fingerprint density at radius 2 is 2.48 bits per heavy atom. The van der Waals surface area contributed by atoms with E-state index in [1.54, 1.807) is 13.0 Å². The predicted molar refractivity (Wildman–Crippen MR) is 95.0 cm³/mol. The number of morpholine rings is 1. The quantitative estimate of drug-likeness (QED) is 0.753. The van der Waals surface area contributed by atoms with Crippen molar-refractivity contribution >= 4 is 45.1 Å². The molecule has 25 heavy (non-hydrogen) atoms. The average Bonchev–Trinajstić information content (AvgIpc) is 2.97. The number of carbonyl (C=O) groups excluding carboxylic acids is 1. The van der Waals surface area contributed by atoms with Crippen LogP contribution < -0.4 is 4.90 Å². The van der Waals surface area contributed by atoms with Gasteiger partial charge in [0.15, 0.2) is 11.1 Å². The summed E-state index contributed by atoms with van der Waals surface area (Å²) in [4.78, 5) is 18.9. The van der Waals surface area contributed by atoms with Crippen LogP contribution in [-0.4, -0.2) is 47.7 Å². The van der Waals surface area contributed by atoms with Gasteiger partial charge < -0.3 is 14.4 Å². The molecule has 0 amide bonds. The van der Waals surface area contributed by atoms with Crippen LogP contribution in [0.3, 0.4) is 0 Å². The molecule has 132 valence electrons. The maximum absolute atomic E-state index is 12.2. The van der Waals surface area contributed by atoms with E-state index < -0.39 is 11.9 Å². The number of fused-ring (bicyclic) bond motifs is 1. The van der Waals surface area contributed by atoms with Gasteiger partial charge in [0.25, 0.3) is 0 Å². The molecule has 0 bridgehead atoms. The highest BCUT2D eigenvalue weighted by Crippen LogP contribution is 2.36. The van der Waals surface area contributed by atoms with E-state index in [0.717, 1.165) is 11.5 Å². The van der Waals surface area contributed by atoms with Crippen molar-refractivity contribution in [1.82, 2.24) is 9.36 Å². The van der Waals surface area contributed by atoms with E-state index in [1.165, 1.54) is 0 Å². The Kier molecular flexibility index (Phi) is 5.37. The lowest BCUT2D eigenvalue weighted by Crippen LogP contribution is -2.44. The van der Waals surface area contributed by atoms with Crippen LogP contribution in [0.4, 0.5) is 5.82 Å². The maximum atomic E-state index is 12.2. The van der Waals surface area contributed by atoms with Crippen molar-refractivity contribution in [2.75, 3.05) is 31.3 Å². The van der Waals surface area contributed by atoms with E-state index in [-0.39, 0.29) is 17.8 Å². The molecule has 0 aromatic carbocycles. The number of esters is 1. The highest BCUT2D eigenvalue weighted by atomic mass is 35.5.